The number of benzene rings is 1. The van der Waals surface area contributed by atoms with Crippen LogP contribution < -0.4 is 15.5 Å². The lowest BCUT2D eigenvalue weighted by atomic mass is 10.1. The molecule has 1 amide bonds. The molecule has 0 bridgehead atoms. The summed E-state index contributed by atoms with van der Waals surface area (Å²) in [5, 5.41) is 14.7. The van der Waals surface area contributed by atoms with E-state index in [-0.39, 0.29) is 5.43 Å². The van der Waals surface area contributed by atoms with E-state index in [0.29, 0.717) is 45.9 Å². The van der Waals surface area contributed by atoms with E-state index >= 15 is 0 Å². The molecule has 0 spiro atoms. The van der Waals surface area contributed by atoms with Crippen LogP contribution in [0.5, 0.6) is 5.75 Å². The molecule has 1 aromatic carbocycles. The zero-order chi connectivity index (χ0) is 24.1. The molecule has 8 nitrogen and oxygen atoms in total. The van der Waals surface area contributed by atoms with Gasteiger partial charge in [0.05, 0.1) is 10.9 Å². The highest BCUT2D eigenvalue weighted by Gasteiger charge is 2.24. The summed E-state index contributed by atoms with van der Waals surface area (Å²) in [6.07, 6.45) is 3.20. The van der Waals surface area contributed by atoms with Crippen LogP contribution in [0.15, 0.2) is 33.0 Å². The molecule has 0 fully saturated rings. The number of fused-ring (bicyclic) bond motifs is 1. The van der Waals surface area contributed by atoms with Crippen LogP contribution in [0.1, 0.15) is 31.5 Å². The summed E-state index contributed by atoms with van der Waals surface area (Å²) in [6.45, 7) is 5.33. The minimum atomic E-state index is -1.09. The number of aryl methyl sites for hydroxylation is 2. The van der Waals surface area contributed by atoms with E-state index in [0.717, 1.165) is 11.3 Å². The number of nitrogens with one attached hydrogen (secondary N) is 1. The molecule has 2 aromatic heterocycles. The largest absolute Gasteiger partial charge is 0.480 e. The number of aromatic nitrogens is 1. The van der Waals surface area contributed by atoms with Gasteiger partial charge < -0.3 is 19.6 Å². The molecule has 2 heterocycles. The highest BCUT2D eigenvalue weighted by molar-refractivity contribution is 7.98. The SMILES string of the molecule is CCc1cc2c(=O)c(-c3nc(C)cs3)coc2cc1O[C@@H](C)C(=O)N[C@H](CCSC)C(=O)O. The highest BCUT2D eigenvalue weighted by atomic mass is 32.2. The van der Waals surface area contributed by atoms with E-state index in [4.69, 9.17) is 9.15 Å². The minimum Gasteiger partial charge on any atom is -0.480 e. The normalized spacial score (nSPS) is 13.0. The second-order valence-corrected chi connectivity index (χ2v) is 9.37. The standard InChI is InChI=1S/C23H26N2O6S2/c1-5-14-8-15-19(30-10-16(20(15)26)22-24-12(2)11-33-22)9-18(14)31-13(3)21(27)25-17(23(28)29)6-7-32-4/h8-11,13,17H,5-7H2,1-4H3,(H,25,27)(H,28,29)/t13-,17+/m0/s1. The number of carbonyl (C=O) groups excluding carboxylic acids is 1. The molecule has 0 saturated heterocycles. The molecular weight excluding hydrogens is 464 g/mol. The van der Waals surface area contributed by atoms with Crippen LogP contribution >= 0.6 is 23.1 Å². The zero-order valence-corrected chi connectivity index (χ0v) is 20.5. The Morgan fingerprint density at radius 1 is 1.36 bits per heavy atom. The van der Waals surface area contributed by atoms with Crippen molar-refractivity contribution in [1.29, 1.82) is 0 Å². The fourth-order valence-electron chi connectivity index (χ4n) is 3.24. The van der Waals surface area contributed by atoms with Gasteiger partial charge in [-0.1, -0.05) is 6.92 Å². The minimum absolute atomic E-state index is 0.185. The van der Waals surface area contributed by atoms with Crippen LogP contribution in [0.2, 0.25) is 0 Å². The van der Waals surface area contributed by atoms with Crippen LogP contribution in [0.25, 0.3) is 21.5 Å². The summed E-state index contributed by atoms with van der Waals surface area (Å²) in [5.74, 6) is -0.595. The molecule has 0 aliphatic rings. The van der Waals surface area contributed by atoms with Gasteiger partial charge in [-0.05, 0) is 50.3 Å². The van der Waals surface area contributed by atoms with E-state index in [2.05, 4.69) is 10.3 Å². The van der Waals surface area contributed by atoms with Gasteiger partial charge in [0.15, 0.2) is 6.10 Å². The number of thioether (sulfide) groups is 1. The summed E-state index contributed by atoms with van der Waals surface area (Å²) < 4.78 is 11.6. The molecule has 0 saturated carbocycles. The van der Waals surface area contributed by atoms with Crippen molar-refractivity contribution in [2.45, 2.75) is 45.8 Å². The summed E-state index contributed by atoms with van der Waals surface area (Å²) >= 11 is 2.89. The number of hydrogen-bond acceptors (Lipinski definition) is 8. The van der Waals surface area contributed by atoms with Crippen LogP contribution in [0.3, 0.4) is 0 Å². The Bertz CT molecular complexity index is 1220. The van der Waals surface area contributed by atoms with Crippen molar-refractivity contribution in [2.75, 3.05) is 12.0 Å². The number of thiazole rings is 1. The van der Waals surface area contributed by atoms with Gasteiger partial charge in [0.1, 0.15) is 28.6 Å². The Balaban J connectivity index is 1.86. The molecule has 0 aliphatic heterocycles. The van der Waals surface area contributed by atoms with Crippen molar-refractivity contribution in [2.24, 2.45) is 0 Å². The van der Waals surface area contributed by atoms with Crippen LogP contribution in [-0.2, 0) is 16.0 Å². The first-order chi connectivity index (χ1) is 15.7. The highest BCUT2D eigenvalue weighted by Crippen LogP contribution is 2.29. The second-order valence-electron chi connectivity index (χ2n) is 7.52. The summed E-state index contributed by atoms with van der Waals surface area (Å²) in [6, 6.07) is 2.33. The van der Waals surface area contributed by atoms with Crippen LogP contribution in [-0.4, -0.2) is 46.1 Å². The van der Waals surface area contributed by atoms with Gasteiger partial charge in [-0.25, -0.2) is 9.78 Å². The molecule has 10 heteroatoms. The first-order valence-corrected chi connectivity index (χ1v) is 12.7. The zero-order valence-electron chi connectivity index (χ0n) is 18.8. The lowest BCUT2D eigenvalue weighted by molar-refractivity contribution is -0.142. The van der Waals surface area contributed by atoms with Gasteiger partial charge in [0.25, 0.3) is 5.91 Å². The van der Waals surface area contributed by atoms with Crippen LogP contribution in [0, 0.1) is 6.92 Å². The molecule has 0 unspecified atom stereocenters. The number of amides is 1. The third-order valence-electron chi connectivity index (χ3n) is 5.08. The fourth-order valence-corrected chi connectivity index (χ4v) is 4.51. The van der Waals surface area contributed by atoms with E-state index in [1.54, 1.807) is 19.1 Å². The van der Waals surface area contributed by atoms with Crippen molar-refractivity contribution in [3.05, 3.63) is 45.3 Å². The predicted octanol–water partition coefficient (Wildman–Crippen LogP) is 3.88. The number of aliphatic carboxylic acids is 1. The van der Waals surface area contributed by atoms with Gasteiger partial charge in [-0.15, -0.1) is 11.3 Å². The lowest BCUT2D eigenvalue weighted by Crippen LogP contribution is -2.46. The molecule has 2 N–H and O–H groups in total. The smallest absolute Gasteiger partial charge is 0.326 e. The molecule has 0 aliphatic carbocycles. The third-order valence-corrected chi connectivity index (χ3v) is 6.72. The molecular formula is C23H26N2O6S2. The quantitative estimate of drug-likeness (QED) is 0.440. The van der Waals surface area contributed by atoms with Gasteiger partial charge in [0.2, 0.25) is 5.43 Å². The van der Waals surface area contributed by atoms with Gasteiger partial charge in [0, 0.05) is 17.1 Å². The van der Waals surface area contributed by atoms with Crippen molar-refractivity contribution in [3.8, 4) is 16.3 Å². The lowest BCUT2D eigenvalue weighted by Gasteiger charge is -2.20. The Morgan fingerprint density at radius 2 is 2.12 bits per heavy atom. The van der Waals surface area contributed by atoms with E-state index in [9.17, 15) is 19.5 Å². The summed E-state index contributed by atoms with van der Waals surface area (Å²) in [7, 11) is 0. The van der Waals surface area contributed by atoms with E-state index in [1.165, 1.54) is 29.4 Å². The first-order valence-electron chi connectivity index (χ1n) is 10.4. The van der Waals surface area contributed by atoms with Gasteiger partial charge in [-0.3, -0.25) is 9.59 Å². The number of carbonyl (C=O) groups is 2. The molecule has 33 heavy (non-hydrogen) atoms. The number of carboxylic acid groups (broad SMARTS) is 1. The maximum atomic E-state index is 13.1. The average Bonchev–Trinajstić information content (AvgIpc) is 3.22. The third kappa shape index (κ3) is 5.75. The summed E-state index contributed by atoms with van der Waals surface area (Å²) in [4.78, 5) is 41.4. The number of rotatable bonds is 10. The Morgan fingerprint density at radius 3 is 2.73 bits per heavy atom. The number of hydrogen-bond donors (Lipinski definition) is 2. The topological polar surface area (TPSA) is 119 Å². The second kappa shape index (κ2) is 10.8. The first kappa shape index (κ1) is 24.8. The number of ether oxygens (including phenoxy) is 1. The fraction of sp³-hybridized carbons (Fsp3) is 0.391. The van der Waals surface area contributed by atoms with Crippen molar-refractivity contribution < 1.29 is 23.8 Å². The maximum absolute atomic E-state index is 13.1. The Hall–Kier alpha value is -2.85. The monoisotopic (exact) mass is 490 g/mol. The average molecular weight is 491 g/mol. The maximum Gasteiger partial charge on any atom is 0.326 e. The van der Waals surface area contributed by atoms with Crippen LogP contribution in [0.4, 0.5) is 0 Å². The van der Waals surface area contributed by atoms with Gasteiger partial charge >= 0.3 is 5.97 Å². The Kier molecular flexibility index (Phi) is 8.15. The summed E-state index contributed by atoms with van der Waals surface area (Å²) in [5.41, 5.74) is 2.11. The molecule has 3 aromatic rings. The van der Waals surface area contributed by atoms with Crippen molar-refractivity contribution >= 4 is 45.9 Å². The predicted molar refractivity (Wildman–Crippen MR) is 130 cm³/mol. The Labute approximate surface area is 199 Å². The number of nitrogens with zero attached hydrogens (tertiary/aromatic N) is 1. The molecule has 3 rings (SSSR count). The number of carboxylic acids is 1. The van der Waals surface area contributed by atoms with Gasteiger partial charge in [-0.2, -0.15) is 11.8 Å². The molecule has 176 valence electrons. The molecule has 0 radical (unpaired) electrons. The van der Waals surface area contributed by atoms with E-state index < -0.39 is 24.0 Å². The van der Waals surface area contributed by atoms with Crippen molar-refractivity contribution in [3.63, 3.8) is 0 Å². The van der Waals surface area contributed by atoms with Crippen molar-refractivity contribution in [1.82, 2.24) is 10.3 Å². The molecule has 2 atom stereocenters. The van der Waals surface area contributed by atoms with E-state index in [1.807, 2.05) is 25.5 Å².